The first-order valence-corrected chi connectivity index (χ1v) is 6.85. The monoisotopic (exact) mass is 285 g/mol. The van der Waals surface area contributed by atoms with Crippen molar-refractivity contribution in [1.82, 2.24) is 0 Å². The molecule has 110 valence electrons. The van der Waals surface area contributed by atoms with Crippen LogP contribution in [0.5, 0.6) is 5.75 Å². The highest BCUT2D eigenvalue weighted by atomic mass is 16.5. The van der Waals surface area contributed by atoms with Gasteiger partial charge in [0.2, 0.25) is 0 Å². The van der Waals surface area contributed by atoms with Gasteiger partial charge in [-0.25, -0.2) is 0 Å². The number of anilines is 1. The minimum absolute atomic E-state index is 0.117. The Balaban J connectivity index is 1.95. The largest absolute Gasteiger partial charge is 0.489 e. The van der Waals surface area contributed by atoms with E-state index in [4.69, 9.17) is 9.84 Å². The number of hydrogen-bond acceptors (Lipinski definition) is 3. The van der Waals surface area contributed by atoms with Gasteiger partial charge >= 0.3 is 5.97 Å². The maximum absolute atomic E-state index is 10.6. The van der Waals surface area contributed by atoms with E-state index in [0.29, 0.717) is 13.2 Å². The zero-order chi connectivity index (χ0) is 15.1. The summed E-state index contributed by atoms with van der Waals surface area (Å²) in [5, 5.41) is 8.72. The molecule has 4 nitrogen and oxygen atoms in total. The van der Waals surface area contributed by atoms with E-state index in [1.165, 1.54) is 0 Å². The average molecular weight is 285 g/mol. The van der Waals surface area contributed by atoms with Crippen molar-refractivity contribution >= 4 is 11.7 Å². The van der Waals surface area contributed by atoms with Crippen molar-refractivity contribution < 1.29 is 14.6 Å². The fourth-order valence-electron chi connectivity index (χ4n) is 1.94. The highest BCUT2D eigenvalue weighted by Crippen LogP contribution is 2.21. The Morgan fingerprint density at radius 2 is 1.90 bits per heavy atom. The zero-order valence-electron chi connectivity index (χ0n) is 12.0. The topological polar surface area (TPSA) is 49.8 Å². The molecule has 0 saturated heterocycles. The molecule has 1 N–H and O–H groups in total. The van der Waals surface area contributed by atoms with Crippen LogP contribution in [0, 0.1) is 0 Å². The van der Waals surface area contributed by atoms with E-state index in [-0.39, 0.29) is 6.42 Å². The van der Waals surface area contributed by atoms with E-state index in [0.717, 1.165) is 17.0 Å². The van der Waals surface area contributed by atoms with E-state index in [1.54, 1.807) is 0 Å². The summed E-state index contributed by atoms with van der Waals surface area (Å²) < 4.78 is 5.77. The lowest BCUT2D eigenvalue weighted by Gasteiger charge is -2.19. The Kier molecular flexibility index (Phi) is 5.21. The first-order chi connectivity index (χ1) is 10.1. The van der Waals surface area contributed by atoms with Crippen LogP contribution in [-0.4, -0.2) is 24.7 Å². The molecular formula is C17H19NO3. The second kappa shape index (κ2) is 7.33. The number of hydrogen-bond donors (Lipinski definition) is 1. The molecule has 2 aromatic rings. The number of carboxylic acid groups (broad SMARTS) is 1. The van der Waals surface area contributed by atoms with Crippen LogP contribution in [-0.2, 0) is 11.4 Å². The van der Waals surface area contributed by atoms with Gasteiger partial charge in [-0.05, 0) is 17.7 Å². The predicted molar refractivity (Wildman–Crippen MR) is 82.7 cm³/mol. The van der Waals surface area contributed by atoms with Gasteiger partial charge in [0.15, 0.2) is 0 Å². The number of benzene rings is 2. The Labute approximate surface area is 124 Å². The van der Waals surface area contributed by atoms with Gasteiger partial charge in [0, 0.05) is 25.3 Å². The summed E-state index contributed by atoms with van der Waals surface area (Å²) in [7, 11) is 1.87. The lowest BCUT2D eigenvalue weighted by atomic mass is 10.2. The van der Waals surface area contributed by atoms with Crippen LogP contribution in [0.1, 0.15) is 12.0 Å². The molecule has 0 heterocycles. The second-order valence-electron chi connectivity index (χ2n) is 4.84. The van der Waals surface area contributed by atoms with Crippen molar-refractivity contribution in [2.24, 2.45) is 0 Å². The summed E-state index contributed by atoms with van der Waals surface area (Å²) in [6, 6.07) is 17.6. The second-order valence-corrected chi connectivity index (χ2v) is 4.84. The Bertz CT molecular complexity index is 584. The molecule has 0 radical (unpaired) electrons. The van der Waals surface area contributed by atoms with Crippen LogP contribution in [0.25, 0.3) is 0 Å². The quantitative estimate of drug-likeness (QED) is 0.849. The minimum Gasteiger partial charge on any atom is -0.489 e. The van der Waals surface area contributed by atoms with Gasteiger partial charge in [0.1, 0.15) is 12.4 Å². The first-order valence-electron chi connectivity index (χ1n) is 6.85. The molecule has 0 aliphatic rings. The number of nitrogens with zero attached hydrogens (tertiary/aromatic N) is 1. The summed E-state index contributed by atoms with van der Waals surface area (Å²) in [4.78, 5) is 12.5. The molecule has 0 bridgehead atoms. The molecule has 2 rings (SSSR count). The van der Waals surface area contributed by atoms with Crippen LogP contribution in [0.3, 0.4) is 0 Å². The Morgan fingerprint density at radius 1 is 1.14 bits per heavy atom. The van der Waals surface area contributed by atoms with Crippen LogP contribution in [0.2, 0.25) is 0 Å². The molecule has 21 heavy (non-hydrogen) atoms. The molecule has 4 heteroatoms. The predicted octanol–water partition coefficient (Wildman–Crippen LogP) is 3.18. The van der Waals surface area contributed by atoms with Gasteiger partial charge in [-0.1, -0.05) is 36.4 Å². The molecular weight excluding hydrogens is 266 g/mol. The first kappa shape index (κ1) is 14.9. The maximum Gasteiger partial charge on any atom is 0.305 e. The van der Waals surface area contributed by atoms with Crippen molar-refractivity contribution in [3.8, 4) is 5.75 Å². The van der Waals surface area contributed by atoms with Gasteiger partial charge in [-0.3, -0.25) is 4.79 Å². The molecule has 0 amide bonds. The third kappa shape index (κ3) is 4.84. The number of aliphatic carboxylic acids is 1. The summed E-state index contributed by atoms with van der Waals surface area (Å²) in [6.07, 6.45) is 0.117. The molecule has 0 unspecified atom stereocenters. The van der Waals surface area contributed by atoms with Gasteiger partial charge in [-0.15, -0.1) is 0 Å². The molecule has 0 spiro atoms. The number of carbonyl (C=O) groups is 1. The standard InChI is InChI=1S/C17H19NO3/c1-18(11-10-17(19)20)15-8-5-9-16(12-15)21-13-14-6-3-2-4-7-14/h2-9,12H,10-11,13H2,1H3,(H,19,20). The average Bonchev–Trinajstić information content (AvgIpc) is 2.52. The van der Waals surface area contributed by atoms with Crippen molar-refractivity contribution in [1.29, 1.82) is 0 Å². The number of carboxylic acids is 1. The van der Waals surface area contributed by atoms with Crippen LogP contribution < -0.4 is 9.64 Å². The number of rotatable bonds is 7. The zero-order valence-corrected chi connectivity index (χ0v) is 12.0. The summed E-state index contributed by atoms with van der Waals surface area (Å²) in [5.41, 5.74) is 2.06. The van der Waals surface area contributed by atoms with Gasteiger partial charge in [0.05, 0.1) is 6.42 Å². The third-order valence-corrected chi connectivity index (χ3v) is 3.17. The normalized spacial score (nSPS) is 10.1. The van der Waals surface area contributed by atoms with E-state index in [1.807, 2.05) is 66.5 Å². The highest BCUT2D eigenvalue weighted by Gasteiger charge is 2.05. The molecule has 0 saturated carbocycles. The molecule has 0 aromatic heterocycles. The maximum atomic E-state index is 10.6. The Hall–Kier alpha value is -2.49. The van der Waals surface area contributed by atoms with Gasteiger partial charge < -0.3 is 14.7 Å². The van der Waals surface area contributed by atoms with Gasteiger partial charge in [-0.2, -0.15) is 0 Å². The summed E-state index contributed by atoms with van der Waals surface area (Å²) >= 11 is 0. The minimum atomic E-state index is -0.793. The fourth-order valence-corrected chi connectivity index (χ4v) is 1.94. The SMILES string of the molecule is CN(CCC(=O)O)c1cccc(OCc2ccccc2)c1. The van der Waals surface area contributed by atoms with Crippen molar-refractivity contribution in [2.45, 2.75) is 13.0 Å². The van der Waals surface area contributed by atoms with E-state index in [9.17, 15) is 4.79 Å². The molecule has 0 aliphatic carbocycles. The third-order valence-electron chi connectivity index (χ3n) is 3.17. The molecule has 0 aliphatic heterocycles. The van der Waals surface area contributed by atoms with E-state index in [2.05, 4.69) is 0 Å². The number of ether oxygens (including phenoxy) is 1. The Morgan fingerprint density at radius 3 is 2.62 bits per heavy atom. The van der Waals surface area contributed by atoms with Crippen LogP contribution in [0.4, 0.5) is 5.69 Å². The highest BCUT2D eigenvalue weighted by molar-refractivity contribution is 5.67. The fraction of sp³-hybridized carbons (Fsp3) is 0.235. The van der Waals surface area contributed by atoms with Crippen molar-refractivity contribution in [3.63, 3.8) is 0 Å². The summed E-state index contributed by atoms with van der Waals surface area (Å²) in [6.45, 7) is 0.987. The molecule has 0 atom stereocenters. The van der Waals surface area contributed by atoms with Crippen LogP contribution in [0.15, 0.2) is 54.6 Å². The lowest BCUT2D eigenvalue weighted by molar-refractivity contribution is -0.136. The summed E-state index contributed by atoms with van der Waals surface area (Å²) in [5.74, 6) is -0.0168. The lowest BCUT2D eigenvalue weighted by Crippen LogP contribution is -2.20. The molecule has 2 aromatic carbocycles. The van der Waals surface area contributed by atoms with Crippen molar-refractivity contribution in [3.05, 3.63) is 60.2 Å². The van der Waals surface area contributed by atoms with Crippen LogP contribution >= 0.6 is 0 Å². The smallest absolute Gasteiger partial charge is 0.305 e. The van der Waals surface area contributed by atoms with E-state index >= 15 is 0 Å². The molecule has 0 fully saturated rings. The van der Waals surface area contributed by atoms with Crippen molar-refractivity contribution in [2.75, 3.05) is 18.5 Å². The van der Waals surface area contributed by atoms with E-state index < -0.39 is 5.97 Å². The van der Waals surface area contributed by atoms with Gasteiger partial charge in [0.25, 0.3) is 0 Å².